The molecular weight excluding hydrogens is 228 g/mol. The van der Waals surface area contributed by atoms with E-state index in [1.54, 1.807) is 0 Å². The number of nitrogens with zero attached hydrogens (tertiary/aromatic N) is 3. The number of carbonyl (C=O) groups excluding carboxylic acids is 1. The second-order valence-electron chi connectivity index (χ2n) is 3.00. The van der Waals surface area contributed by atoms with E-state index in [1.165, 1.54) is 11.0 Å². The van der Waals surface area contributed by atoms with Crippen molar-refractivity contribution in [2.45, 2.75) is 31.7 Å². The topological polar surface area (TPSA) is 47.8 Å². The summed E-state index contributed by atoms with van der Waals surface area (Å²) in [6, 6.07) is 0. The Labute approximate surface area is 90.2 Å². The molecule has 0 N–H and O–H groups in total. The molecule has 0 spiro atoms. The SMILES string of the molecule is CCCn1ncnc1CC(=O)C(F)(F)Cl. The number of hydrogen-bond donors (Lipinski definition) is 0. The first kappa shape index (κ1) is 12.0. The lowest BCUT2D eigenvalue weighted by atomic mass is 10.3. The van der Waals surface area contributed by atoms with Gasteiger partial charge in [0, 0.05) is 6.54 Å². The minimum atomic E-state index is -3.83. The van der Waals surface area contributed by atoms with Crippen molar-refractivity contribution in [3.63, 3.8) is 0 Å². The molecule has 1 rings (SSSR count). The molecule has 0 saturated carbocycles. The van der Waals surface area contributed by atoms with Gasteiger partial charge in [0.15, 0.2) is 0 Å². The number of carbonyl (C=O) groups is 1. The van der Waals surface area contributed by atoms with Crippen LogP contribution in [0.2, 0.25) is 0 Å². The fraction of sp³-hybridized carbons (Fsp3) is 0.625. The molecule has 0 aromatic carbocycles. The molecule has 0 radical (unpaired) electrons. The smallest absolute Gasteiger partial charge is 0.291 e. The van der Waals surface area contributed by atoms with Crippen molar-refractivity contribution in [1.82, 2.24) is 14.8 Å². The van der Waals surface area contributed by atoms with E-state index in [1.807, 2.05) is 6.92 Å². The molecule has 0 bridgehead atoms. The Morgan fingerprint density at radius 1 is 1.67 bits per heavy atom. The number of rotatable bonds is 5. The molecule has 1 heterocycles. The Kier molecular flexibility index (Phi) is 3.73. The summed E-state index contributed by atoms with van der Waals surface area (Å²) >= 11 is 4.59. The first-order valence-corrected chi connectivity index (χ1v) is 4.79. The molecule has 0 saturated heterocycles. The van der Waals surface area contributed by atoms with Crippen LogP contribution in [0.25, 0.3) is 0 Å². The molecule has 0 amide bonds. The van der Waals surface area contributed by atoms with Crippen molar-refractivity contribution in [3.05, 3.63) is 12.2 Å². The van der Waals surface area contributed by atoms with Crippen LogP contribution >= 0.6 is 11.6 Å². The van der Waals surface area contributed by atoms with E-state index in [-0.39, 0.29) is 5.82 Å². The van der Waals surface area contributed by atoms with E-state index < -0.39 is 17.6 Å². The van der Waals surface area contributed by atoms with Crippen molar-refractivity contribution >= 4 is 17.4 Å². The van der Waals surface area contributed by atoms with Crippen LogP contribution in [0.3, 0.4) is 0 Å². The van der Waals surface area contributed by atoms with E-state index in [0.717, 1.165) is 6.42 Å². The Morgan fingerprint density at radius 3 is 2.87 bits per heavy atom. The van der Waals surface area contributed by atoms with Crippen LogP contribution in [0.5, 0.6) is 0 Å². The van der Waals surface area contributed by atoms with Crippen molar-refractivity contribution < 1.29 is 13.6 Å². The summed E-state index contributed by atoms with van der Waals surface area (Å²) in [5, 5.41) is -0.0240. The molecule has 0 atom stereocenters. The van der Waals surface area contributed by atoms with Crippen LogP contribution in [0.15, 0.2) is 6.33 Å². The maximum atomic E-state index is 12.4. The quantitative estimate of drug-likeness (QED) is 0.732. The van der Waals surface area contributed by atoms with Gasteiger partial charge >= 0.3 is 5.38 Å². The number of hydrogen-bond acceptors (Lipinski definition) is 3. The lowest BCUT2D eigenvalue weighted by molar-refractivity contribution is -0.132. The molecule has 84 valence electrons. The molecule has 0 unspecified atom stereocenters. The zero-order valence-corrected chi connectivity index (χ0v) is 8.84. The standard InChI is InChI=1S/C8H10ClF2N3O/c1-2-3-14-7(12-5-13-14)4-6(15)8(9,10)11/h5H,2-4H2,1H3. The van der Waals surface area contributed by atoms with Crippen LogP contribution in [-0.2, 0) is 17.8 Å². The highest BCUT2D eigenvalue weighted by molar-refractivity contribution is 6.32. The van der Waals surface area contributed by atoms with E-state index in [2.05, 4.69) is 21.7 Å². The predicted molar refractivity (Wildman–Crippen MR) is 49.8 cm³/mol. The highest BCUT2D eigenvalue weighted by Crippen LogP contribution is 2.21. The van der Waals surface area contributed by atoms with Gasteiger partial charge in [0.05, 0.1) is 6.42 Å². The average molecular weight is 238 g/mol. The van der Waals surface area contributed by atoms with Gasteiger partial charge in [-0.3, -0.25) is 4.79 Å². The molecule has 0 fully saturated rings. The maximum Gasteiger partial charge on any atom is 0.380 e. The van der Waals surface area contributed by atoms with Gasteiger partial charge in [-0.15, -0.1) is 0 Å². The minimum Gasteiger partial charge on any atom is -0.291 e. The molecule has 1 aromatic rings. The monoisotopic (exact) mass is 237 g/mol. The second kappa shape index (κ2) is 4.65. The van der Waals surface area contributed by atoms with Crippen molar-refractivity contribution in [3.8, 4) is 0 Å². The van der Waals surface area contributed by atoms with Crippen LogP contribution in [-0.4, -0.2) is 25.9 Å². The fourth-order valence-electron chi connectivity index (χ4n) is 1.07. The third kappa shape index (κ3) is 3.23. The fourth-order valence-corrected chi connectivity index (χ4v) is 1.13. The normalized spacial score (nSPS) is 11.7. The van der Waals surface area contributed by atoms with Gasteiger partial charge in [-0.25, -0.2) is 9.67 Å². The first-order valence-electron chi connectivity index (χ1n) is 4.42. The Bertz CT molecular complexity index is 348. The Morgan fingerprint density at radius 2 is 2.33 bits per heavy atom. The number of ketones is 1. The third-order valence-electron chi connectivity index (χ3n) is 1.77. The van der Waals surface area contributed by atoms with E-state index in [4.69, 9.17) is 0 Å². The van der Waals surface area contributed by atoms with Crippen LogP contribution in [0.1, 0.15) is 19.2 Å². The highest BCUT2D eigenvalue weighted by atomic mass is 35.5. The number of aromatic nitrogens is 3. The second-order valence-corrected chi connectivity index (χ2v) is 3.47. The molecule has 4 nitrogen and oxygen atoms in total. The average Bonchev–Trinajstić information content (AvgIpc) is 2.52. The minimum absolute atomic E-state index is 0.210. The lowest BCUT2D eigenvalue weighted by Gasteiger charge is -2.06. The van der Waals surface area contributed by atoms with Crippen LogP contribution < -0.4 is 0 Å². The molecule has 0 aliphatic rings. The third-order valence-corrected chi connectivity index (χ3v) is 1.98. The number of Topliss-reactive ketones (excluding diaryl/α,β-unsaturated/α-hetero) is 1. The van der Waals surface area contributed by atoms with Gasteiger partial charge in [-0.05, 0) is 18.0 Å². The number of halogens is 3. The largest absolute Gasteiger partial charge is 0.380 e. The summed E-state index contributed by atoms with van der Waals surface area (Å²) in [6.45, 7) is 2.44. The summed E-state index contributed by atoms with van der Waals surface area (Å²) in [6.07, 6.45) is 1.50. The van der Waals surface area contributed by atoms with Crippen molar-refractivity contribution in [2.75, 3.05) is 0 Å². The zero-order valence-electron chi connectivity index (χ0n) is 8.08. The molecular formula is C8H10ClF2N3O. The number of alkyl halides is 3. The van der Waals surface area contributed by atoms with Gasteiger partial charge in [-0.1, -0.05) is 6.92 Å². The van der Waals surface area contributed by atoms with Crippen molar-refractivity contribution in [2.24, 2.45) is 0 Å². The number of aryl methyl sites for hydroxylation is 1. The van der Waals surface area contributed by atoms with E-state index in [9.17, 15) is 13.6 Å². The molecule has 0 aliphatic heterocycles. The molecule has 7 heteroatoms. The van der Waals surface area contributed by atoms with Gasteiger partial charge in [0.25, 0.3) is 0 Å². The lowest BCUT2D eigenvalue weighted by Crippen LogP contribution is -2.25. The van der Waals surface area contributed by atoms with Gasteiger partial charge in [0.1, 0.15) is 12.2 Å². The molecule has 15 heavy (non-hydrogen) atoms. The van der Waals surface area contributed by atoms with Crippen molar-refractivity contribution in [1.29, 1.82) is 0 Å². The zero-order chi connectivity index (χ0) is 11.5. The maximum absolute atomic E-state index is 12.4. The van der Waals surface area contributed by atoms with E-state index >= 15 is 0 Å². The van der Waals surface area contributed by atoms with E-state index in [0.29, 0.717) is 6.54 Å². The van der Waals surface area contributed by atoms with Crippen LogP contribution in [0.4, 0.5) is 8.78 Å². The first-order chi connectivity index (χ1) is 6.95. The van der Waals surface area contributed by atoms with Gasteiger partial charge < -0.3 is 0 Å². The Balaban J connectivity index is 2.72. The van der Waals surface area contributed by atoms with Gasteiger partial charge in [-0.2, -0.15) is 13.9 Å². The Hall–Kier alpha value is -1.04. The van der Waals surface area contributed by atoms with Crippen LogP contribution in [0, 0.1) is 0 Å². The summed E-state index contributed by atoms with van der Waals surface area (Å²) in [5.41, 5.74) is 0. The molecule has 1 aromatic heterocycles. The summed E-state index contributed by atoms with van der Waals surface area (Å²) < 4.78 is 26.2. The summed E-state index contributed by atoms with van der Waals surface area (Å²) in [7, 11) is 0. The predicted octanol–water partition coefficient (Wildman–Crippen LogP) is 1.63. The molecule has 0 aliphatic carbocycles. The summed E-state index contributed by atoms with van der Waals surface area (Å²) in [4.78, 5) is 14.7. The van der Waals surface area contributed by atoms with Gasteiger partial charge in [0.2, 0.25) is 5.78 Å². The highest BCUT2D eigenvalue weighted by Gasteiger charge is 2.36. The summed E-state index contributed by atoms with van der Waals surface area (Å²) in [5.74, 6) is -1.16.